The zero-order chi connectivity index (χ0) is 24.1. The Bertz CT molecular complexity index is 861. The Labute approximate surface area is 207 Å². The van der Waals surface area contributed by atoms with Crippen LogP contribution in [0.25, 0.3) is 11.4 Å². The van der Waals surface area contributed by atoms with E-state index in [-0.39, 0.29) is 5.41 Å². The largest absolute Gasteiger partial charge is 0.493 e. The number of aromatic nitrogens is 2. The molecular formula is C30H43N3O. The summed E-state index contributed by atoms with van der Waals surface area (Å²) in [7, 11) is 0. The van der Waals surface area contributed by atoms with Crippen LogP contribution in [0.3, 0.4) is 0 Å². The van der Waals surface area contributed by atoms with Crippen molar-refractivity contribution >= 4 is 0 Å². The Balaban J connectivity index is 1.41. The second kappa shape index (κ2) is 14.1. The van der Waals surface area contributed by atoms with Gasteiger partial charge in [-0.2, -0.15) is 5.26 Å². The third kappa shape index (κ3) is 8.12. The van der Waals surface area contributed by atoms with Crippen LogP contribution in [0.4, 0.5) is 0 Å². The monoisotopic (exact) mass is 461 g/mol. The maximum atomic E-state index is 9.83. The lowest BCUT2D eigenvalue weighted by molar-refractivity contribution is 0.144. The minimum Gasteiger partial charge on any atom is -0.493 e. The Morgan fingerprint density at radius 3 is 2.21 bits per heavy atom. The smallest absolute Gasteiger partial charge is 0.159 e. The van der Waals surface area contributed by atoms with Gasteiger partial charge in [0.25, 0.3) is 0 Å². The van der Waals surface area contributed by atoms with Gasteiger partial charge in [0.15, 0.2) is 5.82 Å². The van der Waals surface area contributed by atoms with E-state index in [4.69, 9.17) is 4.74 Å². The summed E-state index contributed by atoms with van der Waals surface area (Å²) in [5, 5.41) is 9.83. The number of benzene rings is 1. The number of unbranched alkanes of at least 4 members (excludes halogenated alkanes) is 6. The zero-order valence-electron chi connectivity index (χ0n) is 21.4. The van der Waals surface area contributed by atoms with Gasteiger partial charge in [0.2, 0.25) is 0 Å². The standard InChI is InChI=1S/C30H43N3O/c1-3-5-7-8-10-18-30(24-31)19-16-25(17-20-30)23-34-28-14-12-27(13-15-28)29-32-21-26(22-33-29)11-9-6-4-2/h12-15,21-22,25H,3-11,16-20,23H2,1-2H3/t25-,30-. The summed E-state index contributed by atoms with van der Waals surface area (Å²) in [4.78, 5) is 9.11. The van der Waals surface area contributed by atoms with Crippen molar-refractivity contribution in [3.8, 4) is 23.2 Å². The maximum absolute atomic E-state index is 9.83. The van der Waals surface area contributed by atoms with Crippen LogP contribution in [-0.2, 0) is 6.42 Å². The van der Waals surface area contributed by atoms with Crippen molar-refractivity contribution in [1.29, 1.82) is 5.26 Å². The van der Waals surface area contributed by atoms with Crippen molar-refractivity contribution in [2.75, 3.05) is 6.61 Å². The number of aryl methyl sites for hydroxylation is 1. The van der Waals surface area contributed by atoms with E-state index >= 15 is 0 Å². The van der Waals surface area contributed by atoms with Gasteiger partial charge in [0.05, 0.1) is 18.1 Å². The molecule has 0 N–H and O–H groups in total. The molecule has 2 aromatic rings. The fourth-order valence-electron chi connectivity index (χ4n) is 5.01. The van der Waals surface area contributed by atoms with E-state index < -0.39 is 0 Å². The zero-order valence-corrected chi connectivity index (χ0v) is 21.4. The molecule has 34 heavy (non-hydrogen) atoms. The van der Waals surface area contributed by atoms with Crippen LogP contribution in [-0.4, -0.2) is 16.6 Å². The number of hydrogen-bond acceptors (Lipinski definition) is 4. The van der Waals surface area contributed by atoms with Gasteiger partial charge >= 0.3 is 0 Å². The third-order valence-corrected chi connectivity index (χ3v) is 7.43. The average Bonchev–Trinajstić information content (AvgIpc) is 2.89. The number of nitrogens with zero attached hydrogens (tertiary/aromatic N) is 3. The van der Waals surface area contributed by atoms with E-state index in [1.165, 1.54) is 56.9 Å². The van der Waals surface area contributed by atoms with Gasteiger partial charge in [-0.3, -0.25) is 0 Å². The lowest BCUT2D eigenvalue weighted by atomic mass is 9.69. The summed E-state index contributed by atoms with van der Waals surface area (Å²) in [6.45, 7) is 5.20. The maximum Gasteiger partial charge on any atom is 0.159 e. The molecule has 0 amide bonds. The molecule has 1 heterocycles. The summed E-state index contributed by atoms with van der Waals surface area (Å²) in [6.07, 6.45) is 20.3. The molecule has 0 unspecified atom stereocenters. The summed E-state index contributed by atoms with van der Waals surface area (Å²) in [6, 6.07) is 10.8. The number of rotatable bonds is 14. The fraction of sp³-hybridized carbons (Fsp3) is 0.633. The van der Waals surface area contributed by atoms with Crippen LogP contribution < -0.4 is 4.74 Å². The minimum atomic E-state index is -0.0874. The fourth-order valence-corrected chi connectivity index (χ4v) is 5.01. The molecule has 1 aliphatic carbocycles. The molecule has 0 atom stereocenters. The highest BCUT2D eigenvalue weighted by Gasteiger charge is 2.35. The van der Waals surface area contributed by atoms with Crippen LogP contribution in [0, 0.1) is 22.7 Å². The van der Waals surface area contributed by atoms with Gasteiger partial charge in [-0.15, -0.1) is 0 Å². The molecule has 1 aromatic heterocycles. The summed E-state index contributed by atoms with van der Waals surface area (Å²) in [5.41, 5.74) is 2.14. The van der Waals surface area contributed by atoms with Crippen molar-refractivity contribution in [1.82, 2.24) is 9.97 Å². The minimum absolute atomic E-state index is 0.0874. The van der Waals surface area contributed by atoms with Crippen LogP contribution in [0.1, 0.15) is 103 Å². The molecule has 4 nitrogen and oxygen atoms in total. The molecule has 0 saturated heterocycles. The molecule has 4 heteroatoms. The second-order valence-electron chi connectivity index (χ2n) is 10.2. The Morgan fingerprint density at radius 2 is 1.56 bits per heavy atom. The number of hydrogen-bond donors (Lipinski definition) is 0. The summed E-state index contributed by atoms with van der Waals surface area (Å²) < 4.78 is 6.11. The van der Waals surface area contributed by atoms with E-state index in [1.807, 2.05) is 36.7 Å². The normalized spacial score (nSPS) is 20.1. The highest BCUT2D eigenvalue weighted by Crippen LogP contribution is 2.42. The topological polar surface area (TPSA) is 58.8 Å². The van der Waals surface area contributed by atoms with Crippen molar-refractivity contribution in [2.45, 2.75) is 104 Å². The molecule has 3 rings (SSSR count). The first-order valence-corrected chi connectivity index (χ1v) is 13.6. The molecule has 0 spiro atoms. The molecule has 1 fully saturated rings. The molecule has 184 valence electrons. The average molecular weight is 462 g/mol. The van der Waals surface area contributed by atoms with E-state index in [2.05, 4.69) is 29.9 Å². The third-order valence-electron chi connectivity index (χ3n) is 7.43. The highest BCUT2D eigenvalue weighted by molar-refractivity contribution is 5.55. The van der Waals surface area contributed by atoms with Gasteiger partial charge in [0.1, 0.15) is 5.75 Å². The molecular weight excluding hydrogens is 418 g/mol. The van der Waals surface area contributed by atoms with Crippen molar-refractivity contribution < 1.29 is 4.74 Å². The Morgan fingerprint density at radius 1 is 0.912 bits per heavy atom. The first-order valence-electron chi connectivity index (χ1n) is 13.6. The predicted octanol–water partition coefficient (Wildman–Crippen LogP) is 8.32. The molecule has 1 aliphatic rings. The lowest BCUT2D eigenvalue weighted by Gasteiger charge is -2.35. The van der Waals surface area contributed by atoms with Gasteiger partial charge in [0, 0.05) is 18.0 Å². The lowest BCUT2D eigenvalue weighted by Crippen LogP contribution is -2.28. The predicted molar refractivity (Wildman–Crippen MR) is 140 cm³/mol. The van der Waals surface area contributed by atoms with Crippen molar-refractivity contribution in [3.05, 3.63) is 42.2 Å². The molecule has 0 radical (unpaired) electrons. The van der Waals surface area contributed by atoms with E-state index in [0.29, 0.717) is 5.92 Å². The first kappa shape index (κ1) is 26.2. The molecule has 1 saturated carbocycles. The van der Waals surface area contributed by atoms with Crippen LogP contribution in [0.2, 0.25) is 0 Å². The SMILES string of the molecule is CCCCCCC[C@]1(C#N)CC[C@H](COc2ccc(-c3ncc(CCCCC)cn3)cc2)CC1. The summed E-state index contributed by atoms with van der Waals surface area (Å²) >= 11 is 0. The molecule has 1 aromatic carbocycles. The quantitative estimate of drug-likeness (QED) is 0.265. The van der Waals surface area contributed by atoms with Crippen LogP contribution in [0.15, 0.2) is 36.7 Å². The van der Waals surface area contributed by atoms with E-state index in [0.717, 1.165) is 62.3 Å². The van der Waals surface area contributed by atoms with Crippen LogP contribution >= 0.6 is 0 Å². The number of ether oxygens (including phenoxy) is 1. The Hall–Kier alpha value is -2.41. The summed E-state index contributed by atoms with van der Waals surface area (Å²) in [5.74, 6) is 2.21. The van der Waals surface area contributed by atoms with E-state index in [1.54, 1.807) is 0 Å². The second-order valence-corrected chi connectivity index (χ2v) is 10.2. The van der Waals surface area contributed by atoms with Crippen molar-refractivity contribution in [2.24, 2.45) is 11.3 Å². The van der Waals surface area contributed by atoms with Gasteiger partial charge in [-0.25, -0.2) is 9.97 Å². The van der Waals surface area contributed by atoms with E-state index in [9.17, 15) is 5.26 Å². The first-order chi connectivity index (χ1) is 16.7. The Kier molecular flexibility index (Phi) is 10.9. The highest BCUT2D eigenvalue weighted by atomic mass is 16.5. The van der Waals surface area contributed by atoms with Gasteiger partial charge < -0.3 is 4.74 Å². The van der Waals surface area contributed by atoms with Gasteiger partial charge in [-0.05, 0) is 80.7 Å². The van der Waals surface area contributed by atoms with Crippen LogP contribution in [0.5, 0.6) is 5.75 Å². The van der Waals surface area contributed by atoms with Gasteiger partial charge in [-0.1, -0.05) is 58.8 Å². The molecule has 0 bridgehead atoms. The number of nitriles is 1. The molecule has 0 aliphatic heterocycles. The van der Waals surface area contributed by atoms with Crippen molar-refractivity contribution in [3.63, 3.8) is 0 Å².